The van der Waals surface area contributed by atoms with Crippen molar-refractivity contribution in [3.05, 3.63) is 77.8 Å². The Morgan fingerprint density at radius 3 is 2.39 bits per heavy atom. The standard InChI is InChI=1S/C27H20ClN7O15S4.3Na/c28-25-30-26(32-27(31-25)35-7-1-2-15(13-35)24(37)38)29-16-4-3-14-10-20(51-49-47-39)22(23(36)18(14)11-16)34-33-19-6-5-17(12-21(19)54(43,44)45)53(41,42)9-8-46-52-50-48-40;;;/h1-7,10-13H,8-9H2,(H5-,29,30,31,32,33,34,36,37,38,39,40,43,44,45);;;/q;3*+1/p-3. The van der Waals surface area contributed by atoms with Crippen LogP contribution in [-0.2, 0) is 42.9 Å². The number of benzene rings is 3. The second-order valence-corrected chi connectivity index (χ2v) is 15.0. The molecule has 0 spiro atoms. The first kappa shape index (κ1) is 51.5. The van der Waals surface area contributed by atoms with Crippen molar-refractivity contribution in [1.82, 2.24) is 15.0 Å². The van der Waals surface area contributed by atoms with E-state index in [1.165, 1.54) is 53.4 Å². The first-order chi connectivity index (χ1) is 25.7. The van der Waals surface area contributed by atoms with E-state index in [0.717, 1.165) is 12.1 Å². The van der Waals surface area contributed by atoms with E-state index in [2.05, 4.69) is 53.4 Å². The zero-order chi connectivity index (χ0) is 39.0. The summed E-state index contributed by atoms with van der Waals surface area (Å²) >= 11 is 6.44. The number of phenols is 1. The Kier molecular flexibility index (Phi) is 21.1. The van der Waals surface area contributed by atoms with Gasteiger partial charge in [0.1, 0.15) is 21.5 Å². The first-order valence-corrected chi connectivity index (χ1v) is 18.9. The van der Waals surface area contributed by atoms with Gasteiger partial charge in [-0.2, -0.15) is 9.32 Å². The summed E-state index contributed by atoms with van der Waals surface area (Å²) in [6.07, 6.45) is 2.65. The molecule has 2 heterocycles. The van der Waals surface area contributed by atoms with Gasteiger partial charge in [0.25, 0.3) is 0 Å². The number of nitrogens with one attached hydrogen (secondary N) is 1. The molecule has 284 valence electrons. The molecule has 0 aliphatic rings. The number of halogens is 1. The minimum absolute atomic E-state index is 0. The molecule has 0 saturated heterocycles. The van der Waals surface area contributed by atoms with Crippen LogP contribution in [0.2, 0.25) is 5.28 Å². The van der Waals surface area contributed by atoms with Crippen LogP contribution in [0.3, 0.4) is 0 Å². The molecule has 0 aliphatic heterocycles. The molecule has 3 aromatic carbocycles. The van der Waals surface area contributed by atoms with Crippen molar-refractivity contribution in [2.45, 2.75) is 14.7 Å². The zero-order valence-corrected chi connectivity index (χ0v) is 39.1. The molecule has 22 nitrogen and oxygen atoms in total. The van der Waals surface area contributed by atoms with Gasteiger partial charge in [-0.3, -0.25) is 14.3 Å². The van der Waals surface area contributed by atoms with Crippen molar-refractivity contribution in [2.75, 3.05) is 17.7 Å². The molecule has 5 aromatic rings. The number of nitrogens with zero attached hydrogens (tertiary/aromatic N) is 6. The van der Waals surface area contributed by atoms with Crippen molar-refractivity contribution >= 4 is 95.7 Å². The number of fused-ring (bicyclic) bond motifs is 1. The number of sulfone groups is 1. The number of rotatable bonds is 17. The largest absolute Gasteiger partial charge is 1.00 e. The SMILES string of the molecule is O=C([O-])c1ccc[n+](-c2nc(Cl)nc(Nc3ccc4cc(SOO[O-])c(N=Nc5ccc(S(=O)(=O)CCOSOO[O-])cc5S(=O)(=O)[O-])c(O)c4c3)n2)c1.[Na+].[Na+].[Na+]. The molecule has 57 heavy (non-hydrogen) atoms. The van der Waals surface area contributed by atoms with E-state index >= 15 is 0 Å². The minimum Gasteiger partial charge on any atom is -0.744 e. The number of phenolic OH excluding ortho intramolecular Hbond substituents is 1. The van der Waals surface area contributed by atoms with Gasteiger partial charge in [-0.25, -0.2) is 21.4 Å². The number of aromatic nitrogens is 4. The molecular formula is C27H17ClN7Na3O15S4. The Bertz CT molecular complexity index is 2480. The summed E-state index contributed by atoms with van der Waals surface area (Å²) < 4.78 is 76.1. The predicted octanol–water partition coefficient (Wildman–Crippen LogP) is -8.09. The molecule has 2 N–H and O–H groups in total. The second-order valence-electron chi connectivity index (χ2n) is 10.00. The summed E-state index contributed by atoms with van der Waals surface area (Å²) in [5.74, 6) is -2.94. The normalized spacial score (nSPS) is 11.4. The molecule has 0 fully saturated rings. The van der Waals surface area contributed by atoms with Gasteiger partial charge < -0.3 is 35.4 Å². The Morgan fingerprint density at radius 1 is 0.965 bits per heavy atom. The maximum absolute atomic E-state index is 12.7. The monoisotopic (exact) mass is 911 g/mol. The van der Waals surface area contributed by atoms with Gasteiger partial charge in [0, 0.05) is 16.6 Å². The van der Waals surface area contributed by atoms with Crippen LogP contribution in [-0.4, -0.2) is 59.8 Å². The van der Waals surface area contributed by atoms with Crippen molar-refractivity contribution in [3.63, 3.8) is 0 Å². The Balaban J connectivity index is 0.00000374. The van der Waals surface area contributed by atoms with Crippen LogP contribution in [0.25, 0.3) is 16.7 Å². The van der Waals surface area contributed by atoms with E-state index in [9.17, 15) is 46.9 Å². The maximum atomic E-state index is 12.7. The molecule has 0 bridgehead atoms. The number of carbonyl (C=O) groups excluding carboxylic acids is 1. The third-order valence-electron chi connectivity index (χ3n) is 6.68. The average molecular weight is 912 g/mol. The van der Waals surface area contributed by atoms with Crippen LogP contribution in [0.1, 0.15) is 10.4 Å². The van der Waals surface area contributed by atoms with Crippen molar-refractivity contribution in [3.8, 4) is 11.7 Å². The summed E-state index contributed by atoms with van der Waals surface area (Å²) in [6, 6.07) is 10.9. The molecule has 0 aliphatic carbocycles. The molecule has 0 saturated carbocycles. The fourth-order valence-electron chi connectivity index (χ4n) is 4.39. The van der Waals surface area contributed by atoms with Crippen LogP contribution in [0.5, 0.6) is 5.75 Å². The molecule has 0 amide bonds. The van der Waals surface area contributed by atoms with Gasteiger partial charge in [-0.1, -0.05) is 6.07 Å². The smallest absolute Gasteiger partial charge is 0.744 e. The summed E-state index contributed by atoms with van der Waals surface area (Å²) in [5.41, 5.74) is -0.954. The van der Waals surface area contributed by atoms with E-state index in [0.29, 0.717) is 23.5 Å². The molecule has 0 atom stereocenters. The van der Waals surface area contributed by atoms with E-state index in [4.69, 9.17) is 11.6 Å². The summed E-state index contributed by atoms with van der Waals surface area (Å²) in [7, 11) is -9.64. The third kappa shape index (κ3) is 13.9. The molecule has 30 heteroatoms. The maximum Gasteiger partial charge on any atom is 1.00 e. The fraction of sp³-hybridized carbons (Fsp3) is 0.0741. The van der Waals surface area contributed by atoms with Crippen LogP contribution >= 0.6 is 36.0 Å². The number of carbonyl (C=O) groups is 1. The number of carboxylic acid groups (broad SMARTS) is 1. The van der Waals surface area contributed by atoms with Crippen LogP contribution < -0.4 is 114 Å². The van der Waals surface area contributed by atoms with Gasteiger partial charge in [-0.05, 0) is 75.5 Å². The topological polar surface area (TPSA) is 323 Å². The number of azo groups is 1. The first-order valence-electron chi connectivity index (χ1n) is 14.0. The Hall–Kier alpha value is -1.68. The van der Waals surface area contributed by atoms with Gasteiger partial charge in [-0.15, -0.1) is 14.6 Å². The molecule has 0 radical (unpaired) electrons. The number of aromatic hydroxyl groups is 1. The third-order valence-corrected chi connectivity index (χ3v) is 10.4. The van der Waals surface area contributed by atoms with E-state index in [-0.39, 0.29) is 140 Å². The van der Waals surface area contributed by atoms with Crippen LogP contribution in [0.15, 0.2) is 91.9 Å². The van der Waals surface area contributed by atoms with Crippen LogP contribution in [0.4, 0.5) is 23.0 Å². The van der Waals surface area contributed by atoms with E-state index in [1.54, 1.807) is 0 Å². The van der Waals surface area contributed by atoms with Crippen molar-refractivity contribution < 1.29 is 163 Å². The fourth-order valence-corrected chi connectivity index (χ4v) is 7.18. The summed E-state index contributed by atoms with van der Waals surface area (Å²) in [4.78, 5) is 21.8. The Labute approximate surface area is 401 Å². The second kappa shape index (κ2) is 23.4. The molecular weight excluding hydrogens is 895 g/mol. The quantitative estimate of drug-likeness (QED) is 0.0128. The van der Waals surface area contributed by atoms with Gasteiger partial charge in [0.15, 0.2) is 27.9 Å². The zero-order valence-electron chi connectivity index (χ0n) is 29.1. The number of pyridine rings is 1. The molecule has 2 aromatic heterocycles. The summed E-state index contributed by atoms with van der Waals surface area (Å²) in [6.45, 7) is -0.532. The number of hydrogen-bond acceptors (Lipinski definition) is 23. The predicted molar refractivity (Wildman–Crippen MR) is 174 cm³/mol. The minimum atomic E-state index is -5.38. The van der Waals surface area contributed by atoms with Gasteiger partial charge in [0.2, 0.25) is 0 Å². The van der Waals surface area contributed by atoms with Crippen molar-refractivity contribution in [2.24, 2.45) is 10.2 Å². The number of anilines is 2. The number of hydrogen-bond donors (Lipinski definition) is 2. The average Bonchev–Trinajstić information content (AvgIpc) is 3.13. The number of aromatic carboxylic acids is 1. The van der Waals surface area contributed by atoms with Crippen LogP contribution in [0, 0.1) is 0 Å². The molecule has 0 unspecified atom stereocenters. The van der Waals surface area contributed by atoms with Crippen molar-refractivity contribution in [1.29, 1.82) is 0 Å². The number of carboxylic acids is 1. The van der Waals surface area contributed by atoms with E-state index < -0.39 is 65.2 Å². The summed E-state index contributed by atoms with van der Waals surface area (Å²) in [5, 5.41) is 60.2. The molecule has 5 rings (SSSR count). The van der Waals surface area contributed by atoms with Gasteiger partial charge >= 0.3 is 106 Å². The Morgan fingerprint density at radius 2 is 1.70 bits per heavy atom. The van der Waals surface area contributed by atoms with E-state index in [1.807, 2.05) is 0 Å². The van der Waals surface area contributed by atoms with Gasteiger partial charge in [0.05, 0.1) is 57.5 Å².